The van der Waals surface area contributed by atoms with E-state index in [0.29, 0.717) is 24.4 Å². The van der Waals surface area contributed by atoms with E-state index in [-0.39, 0.29) is 18.1 Å². The van der Waals surface area contributed by atoms with E-state index in [4.69, 9.17) is 6.42 Å². The van der Waals surface area contributed by atoms with E-state index in [0.717, 1.165) is 0 Å². The van der Waals surface area contributed by atoms with Gasteiger partial charge in [-0.05, 0) is 24.4 Å². The van der Waals surface area contributed by atoms with Gasteiger partial charge in [0.05, 0.1) is 18.6 Å². The highest BCUT2D eigenvalue weighted by atomic mass is 32.2. The number of hydrogen-bond donors (Lipinski definition) is 0. The molecule has 0 saturated heterocycles. The fourth-order valence-electron chi connectivity index (χ4n) is 1.58. The van der Waals surface area contributed by atoms with Gasteiger partial charge in [0.15, 0.2) is 0 Å². The Kier molecular flexibility index (Phi) is 7.29. The summed E-state index contributed by atoms with van der Waals surface area (Å²) in [4.78, 5) is 22.1. The third kappa shape index (κ3) is 5.85. The molecule has 0 spiro atoms. The lowest BCUT2D eigenvalue weighted by atomic mass is 10.3. The van der Waals surface area contributed by atoms with E-state index in [1.165, 1.54) is 25.1 Å². The molecule has 1 aromatic rings. The Morgan fingerprint density at radius 2 is 2.24 bits per heavy atom. The quantitative estimate of drug-likeness (QED) is 0.241. The van der Waals surface area contributed by atoms with Crippen LogP contribution < -0.4 is 0 Å². The number of carbonyl (C=O) groups excluding carboxylic acids is 1. The van der Waals surface area contributed by atoms with E-state index >= 15 is 0 Å². The van der Waals surface area contributed by atoms with Gasteiger partial charge in [-0.3, -0.25) is 14.9 Å². The summed E-state index contributed by atoms with van der Waals surface area (Å²) < 4.78 is 6.38. The van der Waals surface area contributed by atoms with Crippen LogP contribution in [0.25, 0.3) is 0 Å². The molecular weight excluding hydrogens is 292 g/mol. The minimum absolute atomic E-state index is 0.0393. The molecule has 0 atom stereocenters. The lowest BCUT2D eigenvalue weighted by Gasteiger charge is -2.17. The Balaban J connectivity index is 2.68. The molecule has 0 saturated carbocycles. The second-order valence-electron chi connectivity index (χ2n) is 4.06. The van der Waals surface area contributed by atoms with Gasteiger partial charge in [-0.25, -0.2) is 4.31 Å². The fourth-order valence-corrected chi connectivity index (χ4v) is 2.60. The standard InChI is InChI=1S/C14H16N2O4S/c1-3-10-15(11-6-9-14(17)20-2)21-13-8-5-4-7-12(13)16(18)19/h1,4-5,7-8H,6,9-11H2,2H3. The van der Waals surface area contributed by atoms with Crippen molar-refractivity contribution in [3.63, 3.8) is 0 Å². The van der Waals surface area contributed by atoms with Gasteiger partial charge in [0, 0.05) is 19.0 Å². The van der Waals surface area contributed by atoms with Crippen molar-refractivity contribution >= 4 is 23.6 Å². The molecular formula is C14H16N2O4S. The van der Waals surface area contributed by atoms with Crippen LogP contribution in [0.2, 0.25) is 0 Å². The Morgan fingerprint density at radius 1 is 1.52 bits per heavy atom. The maximum absolute atomic E-state index is 11.1. The predicted molar refractivity (Wildman–Crippen MR) is 80.6 cm³/mol. The molecule has 0 aliphatic carbocycles. The average molecular weight is 308 g/mol. The van der Waals surface area contributed by atoms with E-state index in [1.54, 1.807) is 18.2 Å². The van der Waals surface area contributed by atoms with Crippen LogP contribution in [-0.4, -0.2) is 35.4 Å². The van der Waals surface area contributed by atoms with E-state index < -0.39 is 4.92 Å². The van der Waals surface area contributed by atoms with Gasteiger partial charge in [-0.15, -0.1) is 6.42 Å². The minimum atomic E-state index is -0.426. The highest BCUT2D eigenvalue weighted by Crippen LogP contribution is 2.31. The summed E-state index contributed by atoms with van der Waals surface area (Å²) >= 11 is 1.22. The molecule has 0 fully saturated rings. The van der Waals surface area contributed by atoms with Gasteiger partial charge in [0.2, 0.25) is 0 Å². The smallest absolute Gasteiger partial charge is 0.305 e. The number of nitro groups is 1. The molecule has 0 aromatic heterocycles. The number of carbonyl (C=O) groups is 1. The summed E-state index contributed by atoms with van der Waals surface area (Å²) in [6, 6.07) is 6.47. The van der Waals surface area contributed by atoms with Crippen LogP contribution in [-0.2, 0) is 9.53 Å². The van der Waals surface area contributed by atoms with Crippen molar-refractivity contribution in [3.8, 4) is 12.3 Å². The first-order valence-electron chi connectivity index (χ1n) is 6.25. The zero-order valence-electron chi connectivity index (χ0n) is 11.7. The number of nitrogens with zero attached hydrogens (tertiary/aromatic N) is 2. The first kappa shape index (κ1) is 17.0. The maximum Gasteiger partial charge on any atom is 0.305 e. The molecule has 0 heterocycles. The van der Waals surface area contributed by atoms with Crippen LogP contribution in [0.1, 0.15) is 12.8 Å². The Morgan fingerprint density at radius 3 is 2.86 bits per heavy atom. The zero-order chi connectivity index (χ0) is 15.7. The molecule has 6 nitrogen and oxygen atoms in total. The maximum atomic E-state index is 11.1. The summed E-state index contributed by atoms with van der Waals surface area (Å²) in [7, 11) is 1.34. The monoisotopic (exact) mass is 308 g/mol. The number of rotatable bonds is 8. The minimum Gasteiger partial charge on any atom is -0.469 e. The van der Waals surface area contributed by atoms with Crippen molar-refractivity contribution in [2.45, 2.75) is 17.7 Å². The first-order valence-corrected chi connectivity index (χ1v) is 7.02. The van der Waals surface area contributed by atoms with Crippen molar-refractivity contribution in [2.24, 2.45) is 0 Å². The molecule has 0 radical (unpaired) electrons. The lowest BCUT2D eigenvalue weighted by molar-refractivity contribution is -0.387. The molecule has 7 heteroatoms. The molecule has 0 amide bonds. The van der Waals surface area contributed by atoms with Crippen molar-refractivity contribution in [1.82, 2.24) is 4.31 Å². The Bertz CT molecular complexity index is 542. The van der Waals surface area contributed by atoms with E-state index in [2.05, 4.69) is 10.7 Å². The zero-order valence-corrected chi connectivity index (χ0v) is 12.5. The molecule has 0 aliphatic heterocycles. The van der Waals surface area contributed by atoms with Gasteiger partial charge in [0.25, 0.3) is 5.69 Å². The summed E-state index contributed by atoms with van der Waals surface area (Å²) in [6.07, 6.45) is 6.17. The van der Waals surface area contributed by atoms with Gasteiger partial charge in [0.1, 0.15) is 4.90 Å². The molecule has 1 aromatic carbocycles. The second-order valence-corrected chi connectivity index (χ2v) is 5.20. The molecule has 21 heavy (non-hydrogen) atoms. The number of benzene rings is 1. The molecule has 0 bridgehead atoms. The number of hydrogen-bond acceptors (Lipinski definition) is 6. The van der Waals surface area contributed by atoms with E-state index in [1.807, 2.05) is 4.31 Å². The van der Waals surface area contributed by atoms with Gasteiger partial charge < -0.3 is 4.74 Å². The normalized spacial score (nSPS) is 10.1. The van der Waals surface area contributed by atoms with Crippen molar-refractivity contribution in [2.75, 3.05) is 20.2 Å². The number of para-hydroxylation sites is 1. The van der Waals surface area contributed by atoms with E-state index in [9.17, 15) is 14.9 Å². The Hall–Kier alpha value is -2.04. The number of terminal acetylenes is 1. The lowest BCUT2D eigenvalue weighted by Crippen LogP contribution is -2.18. The van der Waals surface area contributed by atoms with Gasteiger partial charge in [-0.1, -0.05) is 18.1 Å². The molecule has 0 aliphatic rings. The predicted octanol–water partition coefficient (Wildman–Crippen LogP) is 2.49. The van der Waals surface area contributed by atoms with Crippen molar-refractivity contribution in [1.29, 1.82) is 0 Å². The third-order valence-electron chi connectivity index (χ3n) is 2.57. The number of methoxy groups -OCH3 is 1. The van der Waals surface area contributed by atoms with Crippen LogP contribution in [0.4, 0.5) is 5.69 Å². The van der Waals surface area contributed by atoms with Gasteiger partial charge in [-0.2, -0.15) is 0 Å². The topological polar surface area (TPSA) is 72.7 Å². The molecule has 0 N–H and O–H groups in total. The number of nitro benzene ring substituents is 1. The van der Waals surface area contributed by atoms with Crippen LogP contribution in [0.15, 0.2) is 29.2 Å². The second kappa shape index (κ2) is 9.00. The summed E-state index contributed by atoms with van der Waals surface area (Å²) in [6.45, 7) is 0.869. The summed E-state index contributed by atoms with van der Waals surface area (Å²) in [5.41, 5.74) is 0.0393. The molecule has 112 valence electrons. The van der Waals surface area contributed by atoms with Crippen LogP contribution in [0, 0.1) is 22.5 Å². The summed E-state index contributed by atoms with van der Waals surface area (Å²) in [5, 5.41) is 11.0. The first-order chi connectivity index (χ1) is 10.1. The summed E-state index contributed by atoms with van der Waals surface area (Å²) in [5.74, 6) is 2.22. The van der Waals surface area contributed by atoms with Crippen molar-refractivity contribution in [3.05, 3.63) is 34.4 Å². The van der Waals surface area contributed by atoms with Crippen molar-refractivity contribution < 1.29 is 14.5 Å². The van der Waals surface area contributed by atoms with Crippen LogP contribution in [0.5, 0.6) is 0 Å². The SMILES string of the molecule is C#CCN(CCCC(=O)OC)Sc1ccccc1[N+](=O)[O-]. The number of ether oxygens (including phenoxy) is 1. The molecule has 1 rings (SSSR count). The fraction of sp³-hybridized carbons (Fsp3) is 0.357. The largest absolute Gasteiger partial charge is 0.469 e. The Labute approximate surface area is 127 Å². The average Bonchev–Trinajstić information content (AvgIpc) is 2.47. The third-order valence-corrected chi connectivity index (χ3v) is 3.68. The highest BCUT2D eigenvalue weighted by molar-refractivity contribution is 7.97. The highest BCUT2D eigenvalue weighted by Gasteiger charge is 2.16. The van der Waals surface area contributed by atoms with Gasteiger partial charge >= 0.3 is 5.97 Å². The van der Waals surface area contributed by atoms with Crippen LogP contribution in [0.3, 0.4) is 0 Å². The molecule has 0 unspecified atom stereocenters. The van der Waals surface area contributed by atoms with Crippen LogP contribution >= 0.6 is 11.9 Å². The number of esters is 1.